The van der Waals surface area contributed by atoms with E-state index in [1.54, 1.807) is 36.4 Å². The van der Waals surface area contributed by atoms with E-state index in [1.165, 1.54) is 17.0 Å². The number of aliphatic hydroxyl groups is 1. The van der Waals surface area contributed by atoms with Gasteiger partial charge >= 0.3 is 0 Å². The van der Waals surface area contributed by atoms with Gasteiger partial charge in [0, 0.05) is 18.7 Å². The normalized spacial score (nSPS) is 18.1. The van der Waals surface area contributed by atoms with Gasteiger partial charge in [0.2, 0.25) is 0 Å². The van der Waals surface area contributed by atoms with Crippen molar-refractivity contribution in [1.82, 2.24) is 9.80 Å². The monoisotopic (exact) mass is 424 g/mol. The molecule has 1 saturated heterocycles. The van der Waals surface area contributed by atoms with Crippen molar-refractivity contribution < 1.29 is 24.5 Å². The average molecular weight is 424 g/mol. The first-order valence-electron chi connectivity index (χ1n) is 10.3. The van der Waals surface area contributed by atoms with Crippen LogP contribution in [-0.4, -0.2) is 65.5 Å². The van der Waals surface area contributed by atoms with E-state index < -0.39 is 17.7 Å². The topological polar surface area (TPSA) is 90.3 Å². The summed E-state index contributed by atoms with van der Waals surface area (Å²) in [6.45, 7) is 3.48. The molecule has 0 spiro atoms. The Labute approximate surface area is 182 Å². The number of nitrogens with zero attached hydrogens (tertiary/aromatic N) is 2. The summed E-state index contributed by atoms with van der Waals surface area (Å²) in [5.74, 6) is -0.854. The number of carbonyl (C=O) groups is 2. The van der Waals surface area contributed by atoms with Crippen molar-refractivity contribution in [2.75, 3.05) is 33.8 Å². The summed E-state index contributed by atoms with van der Waals surface area (Å²) >= 11 is 0. The molecule has 2 N–H and O–H groups in total. The third-order valence-electron chi connectivity index (χ3n) is 5.14. The Balaban J connectivity index is 2.04. The van der Waals surface area contributed by atoms with Gasteiger partial charge in [0.1, 0.15) is 17.3 Å². The van der Waals surface area contributed by atoms with E-state index in [0.717, 1.165) is 6.42 Å². The van der Waals surface area contributed by atoms with Gasteiger partial charge in [0.25, 0.3) is 11.7 Å². The fourth-order valence-electron chi connectivity index (χ4n) is 3.51. The third kappa shape index (κ3) is 4.88. The summed E-state index contributed by atoms with van der Waals surface area (Å²) in [5, 5.41) is 20.7. The second-order valence-corrected chi connectivity index (χ2v) is 7.76. The van der Waals surface area contributed by atoms with Gasteiger partial charge in [-0.2, -0.15) is 0 Å². The van der Waals surface area contributed by atoms with Gasteiger partial charge in [0.15, 0.2) is 0 Å². The highest BCUT2D eigenvalue weighted by Gasteiger charge is 2.45. The summed E-state index contributed by atoms with van der Waals surface area (Å²) in [5.41, 5.74) is 1.11. The quantitative estimate of drug-likeness (QED) is 0.384. The molecule has 0 saturated carbocycles. The van der Waals surface area contributed by atoms with Gasteiger partial charge in [0.05, 0.1) is 18.2 Å². The summed E-state index contributed by atoms with van der Waals surface area (Å²) < 4.78 is 5.57. The maximum atomic E-state index is 12.9. The van der Waals surface area contributed by atoms with Gasteiger partial charge in [-0.15, -0.1) is 0 Å². The van der Waals surface area contributed by atoms with Crippen LogP contribution < -0.4 is 4.74 Å². The first kappa shape index (κ1) is 22.4. The predicted octanol–water partition coefficient (Wildman–Crippen LogP) is 3.16. The van der Waals surface area contributed by atoms with Gasteiger partial charge in [-0.25, -0.2) is 0 Å². The summed E-state index contributed by atoms with van der Waals surface area (Å²) in [6.07, 6.45) is 0.880. The lowest BCUT2D eigenvalue weighted by Gasteiger charge is -2.26. The van der Waals surface area contributed by atoms with Gasteiger partial charge < -0.3 is 24.7 Å². The van der Waals surface area contributed by atoms with Crippen LogP contribution in [-0.2, 0) is 9.59 Å². The minimum Gasteiger partial charge on any atom is -0.508 e. The van der Waals surface area contributed by atoms with E-state index in [1.807, 2.05) is 25.9 Å². The number of hydrogen-bond donors (Lipinski definition) is 2. The lowest BCUT2D eigenvalue weighted by molar-refractivity contribution is -0.140. The molecule has 0 aliphatic carbocycles. The highest BCUT2D eigenvalue weighted by molar-refractivity contribution is 6.46. The molecule has 1 aliphatic rings. The highest BCUT2D eigenvalue weighted by Crippen LogP contribution is 2.39. The van der Waals surface area contributed by atoms with Crippen LogP contribution in [0.2, 0.25) is 0 Å². The molecule has 7 heteroatoms. The molecule has 1 heterocycles. The lowest BCUT2D eigenvalue weighted by atomic mass is 9.95. The summed E-state index contributed by atoms with van der Waals surface area (Å²) in [7, 11) is 3.77. The van der Waals surface area contributed by atoms with Crippen LogP contribution in [0.4, 0.5) is 0 Å². The predicted molar refractivity (Wildman–Crippen MR) is 118 cm³/mol. The number of aliphatic hydroxyl groups excluding tert-OH is 1. The maximum Gasteiger partial charge on any atom is 0.295 e. The standard InChI is InChI=1S/C24H28N2O5/c1-4-15-31-19-11-7-17(8-12-19)22(28)20-21(16-5-9-18(27)10-6-16)26(14-13-25(2)3)24(30)23(20)29/h5-12,21,27-28H,4,13-15H2,1-3H3/b22-20+/t21-/m1/s1. The molecule has 0 bridgehead atoms. The van der Waals surface area contributed by atoms with Gasteiger partial charge in [-0.05, 0) is 62.5 Å². The van der Waals surface area contributed by atoms with Crippen LogP contribution in [0.15, 0.2) is 54.1 Å². The van der Waals surface area contributed by atoms with Crippen LogP contribution in [0.1, 0.15) is 30.5 Å². The molecule has 1 aliphatic heterocycles. The zero-order valence-electron chi connectivity index (χ0n) is 18.0. The molecular weight excluding hydrogens is 396 g/mol. The largest absolute Gasteiger partial charge is 0.508 e. The molecule has 2 aromatic carbocycles. The summed E-state index contributed by atoms with van der Waals surface area (Å²) in [6, 6.07) is 12.4. The Bertz CT molecular complexity index is 964. The summed E-state index contributed by atoms with van der Waals surface area (Å²) in [4.78, 5) is 29.2. The van der Waals surface area contributed by atoms with Crippen molar-refractivity contribution in [3.63, 3.8) is 0 Å². The minimum absolute atomic E-state index is 0.0386. The van der Waals surface area contributed by atoms with Crippen LogP contribution in [0, 0.1) is 0 Å². The third-order valence-corrected chi connectivity index (χ3v) is 5.14. The van der Waals surface area contributed by atoms with Crippen LogP contribution in [0.3, 0.4) is 0 Å². The lowest BCUT2D eigenvalue weighted by Crippen LogP contribution is -2.35. The molecule has 1 atom stereocenters. The molecule has 0 unspecified atom stereocenters. The van der Waals surface area contributed by atoms with E-state index in [-0.39, 0.29) is 17.1 Å². The number of likely N-dealkylation sites (N-methyl/N-ethyl adjacent to an activating group) is 1. The zero-order chi connectivity index (χ0) is 22.5. The fraction of sp³-hybridized carbons (Fsp3) is 0.333. The van der Waals surface area contributed by atoms with Crippen molar-refractivity contribution in [3.8, 4) is 11.5 Å². The minimum atomic E-state index is -0.739. The zero-order valence-corrected chi connectivity index (χ0v) is 18.0. The number of ether oxygens (including phenoxy) is 1. The molecule has 2 aromatic rings. The fourth-order valence-corrected chi connectivity index (χ4v) is 3.51. The van der Waals surface area contributed by atoms with Gasteiger partial charge in [-0.1, -0.05) is 19.1 Å². The van der Waals surface area contributed by atoms with Crippen molar-refractivity contribution in [2.45, 2.75) is 19.4 Å². The van der Waals surface area contributed by atoms with E-state index in [9.17, 15) is 19.8 Å². The number of benzene rings is 2. The van der Waals surface area contributed by atoms with Crippen LogP contribution >= 0.6 is 0 Å². The first-order valence-corrected chi connectivity index (χ1v) is 10.3. The Hall–Kier alpha value is -3.32. The van der Waals surface area contributed by atoms with Crippen LogP contribution in [0.5, 0.6) is 11.5 Å². The number of rotatable bonds is 8. The number of carbonyl (C=O) groups excluding carboxylic acids is 2. The maximum absolute atomic E-state index is 12.9. The number of hydrogen-bond acceptors (Lipinski definition) is 6. The van der Waals surface area contributed by atoms with E-state index in [4.69, 9.17) is 4.74 Å². The van der Waals surface area contributed by atoms with Crippen molar-refractivity contribution in [3.05, 3.63) is 65.2 Å². The number of amides is 1. The smallest absolute Gasteiger partial charge is 0.295 e. The van der Waals surface area contributed by atoms with Crippen LogP contribution in [0.25, 0.3) is 5.76 Å². The Morgan fingerprint density at radius 3 is 2.29 bits per heavy atom. The molecule has 31 heavy (non-hydrogen) atoms. The average Bonchev–Trinajstić information content (AvgIpc) is 3.01. The van der Waals surface area contributed by atoms with Crippen molar-refractivity contribution in [1.29, 1.82) is 0 Å². The highest BCUT2D eigenvalue weighted by atomic mass is 16.5. The Morgan fingerprint density at radius 2 is 1.71 bits per heavy atom. The molecule has 7 nitrogen and oxygen atoms in total. The molecule has 164 valence electrons. The van der Waals surface area contributed by atoms with E-state index in [0.29, 0.717) is 36.6 Å². The first-order chi connectivity index (χ1) is 14.8. The number of Topliss-reactive ketones (excluding diaryl/α,β-unsaturated/α-hetero) is 1. The van der Waals surface area contributed by atoms with Crippen molar-refractivity contribution in [2.24, 2.45) is 0 Å². The Kier molecular flexibility index (Phi) is 6.97. The number of phenolic OH excluding ortho intramolecular Hbond substituents is 1. The molecule has 1 fully saturated rings. The molecule has 3 rings (SSSR count). The number of aromatic hydroxyl groups is 1. The second kappa shape index (κ2) is 9.66. The Morgan fingerprint density at radius 1 is 1.06 bits per heavy atom. The number of likely N-dealkylation sites (tertiary alicyclic amines) is 1. The molecule has 0 radical (unpaired) electrons. The second-order valence-electron chi connectivity index (χ2n) is 7.76. The van der Waals surface area contributed by atoms with E-state index >= 15 is 0 Å². The molecular formula is C24H28N2O5. The SMILES string of the molecule is CCCOc1ccc(/C(O)=C2\C(=O)C(=O)N(CCN(C)C)[C@@H]2c2ccc(O)cc2)cc1. The van der Waals surface area contributed by atoms with E-state index in [2.05, 4.69) is 0 Å². The van der Waals surface area contributed by atoms with Crippen molar-refractivity contribution >= 4 is 17.4 Å². The number of ketones is 1. The molecule has 0 aromatic heterocycles. The molecule has 1 amide bonds. The number of phenols is 1. The van der Waals surface area contributed by atoms with Gasteiger partial charge in [-0.3, -0.25) is 9.59 Å².